The Morgan fingerprint density at radius 2 is 2.26 bits per heavy atom. The molecule has 1 aliphatic heterocycles. The Bertz CT molecular complexity index is 627. The molecule has 2 aliphatic rings. The Balaban J connectivity index is 1.54. The summed E-state index contributed by atoms with van der Waals surface area (Å²) in [5.41, 5.74) is 2.33. The van der Waals surface area contributed by atoms with E-state index in [9.17, 15) is 4.79 Å². The van der Waals surface area contributed by atoms with Crippen molar-refractivity contribution in [3.8, 4) is 0 Å². The van der Waals surface area contributed by atoms with Gasteiger partial charge in [0.15, 0.2) is 5.69 Å². The number of hydrogen-bond acceptors (Lipinski definition) is 5. The molecule has 98 valence electrons. The maximum absolute atomic E-state index is 12.3. The van der Waals surface area contributed by atoms with E-state index in [1.165, 1.54) is 0 Å². The van der Waals surface area contributed by atoms with E-state index >= 15 is 0 Å². The number of hydrogen-bond donors (Lipinski definition) is 0. The molecule has 6 nitrogen and oxygen atoms in total. The van der Waals surface area contributed by atoms with Crippen LogP contribution in [0.4, 0.5) is 0 Å². The van der Waals surface area contributed by atoms with Crippen molar-refractivity contribution in [3.63, 3.8) is 0 Å². The molecule has 1 fully saturated rings. The van der Waals surface area contributed by atoms with Crippen molar-refractivity contribution in [2.24, 2.45) is 0 Å². The van der Waals surface area contributed by atoms with E-state index in [0.717, 1.165) is 36.3 Å². The predicted octanol–water partition coefficient (Wildman–Crippen LogP) is 1.74. The van der Waals surface area contributed by atoms with Gasteiger partial charge in [-0.3, -0.25) is 4.79 Å². The van der Waals surface area contributed by atoms with Crippen LogP contribution in [0.3, 0.4) is 0 Å². The van der Waals surface area contributed by atoms with Gasteiger partial charge in [0.1, 0.15) is 12.0 Å². The lowest BCUT2D eigenvalue weighted by atomic mass is 10.1. The number of amides is 1. The first-order valence-corrected chi connectivity index (χ1v) is 6.49. The summed E-state index contributed by atoms with van der Waals surface area (Å²) >= 11 is 0. The first-order chi connectivity index (χ1) is 9.31. The number of nitrogens with zero attached hydrogens (tertiary/aromatic N) is 3. The van der Waals surface area contributed by atoms with Crippen LogP contribution in [0, 0.1) is 0 Å². The second-order valence-corrected chi connectivity index (χ2v) is 5.15. The van der Waals surface area contributed by atoms with Gasteiger partial charge in [-0.25, -0.2) is 0 Å². The third-order valence-corrected chi connectivity index (χ3v) is 3.72. The molecule has 0 bridgehead atoms. The Morgan fingerprint density at radius 3 is 3.11 bits per heavy atom. The first kappa shape index (κ1) is 10.8. The normalized spacial score (nSPS) is 18.4. The van der Waals surface area contributed by atoms with Crippen molar-refractivity contribution >= 4 is 5.91 Å². The van der Waals surface area contributed by atoms with E-state index in [1.807, 2.05) is 0 Å². The molecule has 0 saturated heterocycles. The maximum Gasteiger partial charge on any atom is 0.276 e. The molecule has 0 N–H and O–H groups in total. The highest BCUT2D eigenvalue weighted by Crippen LogP contribution is 2.40. The minimum Gasteiger partial charge on any atom is -0.364 e. The molecule has 6 heteroatoms. The summed E-state index contributed by atoms with van der Waals surface area (Å²) in [6.45, 7) is 1.17. The highest BCUT2D eigenvalue weighted by molar-refractivity contribution is 5.92. The van der Waals surface area contributed by atoms with Gasteiger partial charge in [-0.2, -0.15) is 0 Å². The Hall–Kier alpha value is -2.11. The molecule has 0 atom stereocenters. The summed E-state index contributed by atoms with van der Waals surface area (Å²) in [7, 11) is 0. The molecule has 0 radical (unpaired) electrons. The molecule has 2 aromatic heterocycles. The lowest BCUT2D eigenvalue weighted by molar-refractivity contribution is 0.0723. The molecule has 1 aliphatic carbocycles. The summed E-state index contributed by atoms with van der Waals surface area (Å²) in [5.74, 6) is 1.23. The van der Waals surface area contributed by atoms with Crippen LogP contribution in [0.1, 0.15) is 46.3 Å². The van der Waals surface area contributed by atoms with Gasteiger partial charge >= 0.3 is 0 Å². The fourth-order valence-corrected chi connectivity index (χ4v) is 2.43. The van der Waals surface area contributed by atoms with Crippen molar-refractivity contribution in [1.29, 1.82) is 0 Å². The van der Waals surface area contributed by atoms with Crippen LogP contribution < -0.4 is 0 Å². The number of carbonyl (C=O) groups excluding carboxylic acids is 1. The van der Waals surface area contributed by atoms with Crippen LogP contribution in [-0.4, -0.2) is 27.7 Å². The lowest BCUT2D eigenvalue weighted by Crippen LogP contribution is -2.35. The summed E-state index contributed by atoms with van der Waals surface area (Å²) in [6, 6.07) is 1.78. The number of carbonyl (C=O) groups is 1. The standard InChI is InChI=1S/C13H13N3O3/c17-13(11-5-12(19-15-11)8-1-2-8)16-4-3-10-9(6-16)7-18-14-10/h5,7-8H,1-4,6H2. The van der Waals surface area contributed by atoms with Gasteiger partial charge in [0.05, 0.1) is 12.2 Å². The zero-order valence-corrected chi connectivity index (χ0v) is 10.3. The summed E-state index contributed by atoms with van der Waals surface area (Å²) in [6.07, 6.45) is 4.60. The van der Waals surface area contributed by atoms with Crippen LogP contribution in [-0.2, 0) is 13.0 Å². The van der Waals surface area contributed by atoms with Crippen LogP contribution in [0.15, 0.2) is 21.4 Å². The van der Waals surface area contributed by atoms with Gasteiger partial charge in [0.25, 0.3) is 5.91 Å². The van der Waals surface area contributed by atoms with E-state index < -0.39 is 0 Å². The van der Waals surface area contributed by atoms with Gasteiger partial charge in [0, 0.05) is 30.5 Å². The molecular weight excluding hydrogens is 246 g/mol. The molecule has 0 unspecified atom stereocenters. The average Bonchev–Trinajstić information content (AvgIpc) is 3.00. The smallest absolute Gasteiger partial charge is 0.276 e. The lowest BCUT2D eigenvalue weighted by Gasteiger charge is -2.24. The van der Waals surface area contributed by atoms with Gasteiger partial charge in [-0.1, -0.05) is 10.3 Å². The zero-order valence-electron chi connectivity index (χ0n) is 10.3. The van der Waals surface area contributed by atoms with Crippen LogP contribution >= 0.6 is 0 Å². The van der Waals surface area contributed by atoms with Crippen LogP contribution in [0.2, 0.25) is 0 Å². The largest absolute Gasteiger partial charge is 0.364 e. The monoisotopic (exact) mass is 259 g/mol. The first-order valence-electron chi connectivity index (χ1n) is 6.49. The van der Waals surface area contributed by atoms with Crippen molar-refractivity contribution in [2.45, 2.75) is 31.7 Å². The predicted molar refractivity (Wildman–Crippen MR) is 63.4 cm³/mol. The van der Waals surface area contributed by atoms with E-state index in [2.05, 4.69) is 10.3 Å². The Kier molecular flexibility index (Phi) is 2.24. The molecule has 3 heterocycles. The second-order valence-electron chi connectivity index (χ2n) is 5.15. The average molecular weight is 259 g/mol. The quantitative estimate of drug-likeness (QED) is 0.821. The molecule has 1 amide bonds. The van der Waals surface area contributed by atoms with Crippen molar-refractivity contribution < 1.29 is 13.8 Å². The fourth-order valence-electron chi connectivity index (χ4n) is 2.43. The van der Waals surface area contributed by atoms with Gasteiger partial charge < -0.3 is 13.9 Å². The van der Waals surface area contributed by atoms with Crippen LogP contribution in [0.5, 0.6) is 0 Å². The molecule has 0 spiro atoms. The number of rotatable bonds is 2. The van der Waals surface area contributed by atoms with E-state index in [1.54, 1.807) is 17.2 Å². The van der Waals surface area contributed by atoms with E-state index in [-0.39, 0.29) is 5.91 Å². The van der Waals surface area contributed by atoms with Crippen LogP contribution in [0.25, 0.3) is 0 Å². The van der Waals surface area contributed by atoms with Gasteiger partial charge in [0.2, 0.25) is 0 Å². The topological polar surface area (TPSA) is 72.4 Å². The van der Waals surface area contributed by atoms with Crippen molar-refractivity contribution in [1.82, 2.24) is 15.2 Å². The zero-order chi connectivity index (χ0) is 12.8. The SMILES string of the molecule is O=C(c1cc(C2CC2)on1)N1CCc2nocc2C1. The maximum atomic E-state index is 12.3. The van der Waals surface area contributed by atoms with Gasteiger partial charge in [-0.15, -0.1) is 0 Å². The summed E-state index contributed by atoms with van der Waals surface area (Å²) < 4.78 is 10.1. The third-order valence-electron chi connectivity index (χ3n) is 3.72. The Labute approximate surface area is 109 Å². The summed E-state index contributed by atoms with van der Waals surface area (Å²) in [4.78, 5) is 14.1. The van der Waals surface area contributed by atoms with E-state index in [4.69, 9.17) is 9.05 Å². The third kappa shape index (κ3) is 1.83. The van der Waals surface area contributed by atoms with Gasteiger partial charge in [-0.05, 0) is 12.8 Å². The highest BCUT2D eigenvalue weighted by atomic mass is 16.5. The second kappa shape index (κ2) is 3.94. The summed E-state index contributed by atoms with van der Waals surface area (Å²) in [5, 5.41) is 7.80. The fraction of sp³-hybridized carbons (Fsp3) is 0.462. The van der Waals surface area contributed by atoms with E-state index in [0.29, 0.717) is 24.7 Å². The molecule has 2 aromatic rings. The van der Waals surface area contributed by atoms with Crippen molar-refractivity contribution in [3.05, 3.63) is 35.0 Å². The Morgan fingerprint density at radius 1 is 1.37 bits per heavy atom. The number of fused-ring (bicyclic) bond motifs is 1. The highest BCUT2D eigenvalue weighted by Gasteiger charge is 2.31. The molecule has 4 rings (SSSR count). The molecule has 1 saturated carbocycles. The minimum absolute atomic E-state index is 0.0810. The molecular formula is C13H13N3O3. The minimum atomic E-state index is -0.0810. The molecule has 0 aromatic carbocycles. The molecule has 19 heavy (non-hydrogen) atoms. The van der Waals surface area contributed by atoms with Crippen molar-refractivity contribution in [2.75, 3.05) is 6.54 Å². The number of aromatic nitrogens is 2.